The number of methoxy groups -OCH3 is 1. The molecule has 1 N–H and O–H groups in total. The van der Waals surface area contributed by atoms with Gasteiger partial charge in [0.05, 0.1) is 7.11 Å². The summed E-state index contributed by atoms with van der Waals surface area (Å²) in [5.74, 6) is 0.800. The second kappa shape index (κ2) is 5.93. The SMILES string of the molecule is CCC(C)(C(O)c1ccc(C)c(C)c1OC)N(C)C. The molecule has 0 heterocycles. The van der Waals surface area contributed by atoms with E-state index in [0.29, 0.717) is 0 Å². The van der Waals surface area contributed by atoms with Crippen molar-refractivity contribution in [2.45, 2.75) is 45.8 Å². The molecule has 0 aliphatic carbocycles. The van der Waals surface area contributed by atoms with Gasteiger partial charge >= 0.3 is 0 Å². The van der Waals surface area contributed by atoms with Crippen LogP contribution in [0.3, 0.4) is 0 Å². The van der Waals surface area contributed by atoms with Gasteiger partial charge in [-0.15, -0.1) is 0 Å². The second-order valence-corrected chi connectivity index (χ2v) is 5.64. The summed E-state index contributed by atoms with van der Waals surface area (Å²) in [5.41, 5.74) is 2.82. The number of aliphatic hydroxyl groups excluding tert-OH is 1. The zero-order valence-electron chi connectivity index (χ0n) is 13.2. The number of rotatable bonds is 5. The molecule has 2 unspecified atom stereocenters. The van der Waals surface area contributed by atoms with Crippen molar-refractivity contribution in [2.24, 2.45) is 0 Å². The first-order valence-electron chi connectivity index (χ1n) is 6.79. The van der Waals surface area contributed by atoms with Gasteiger partial charge in [-0.2, -0.15) is 0 Å². The molecule has 0 aliphatic heterocycles. The minimum absolute atomic E-state index is 0.311. The van der Waals surface area contributed by atoms with Crippen LogP contribution in [-0.4, -0.2) is 36.8 Å². The smallest absolute Gasteiger partial charge is 0.127 e. The van der Waals surface area contributed by atoms with Crippen LogP contribution in [0.5, 0.6) is 5.75 Å². The van der Waals surface area contributed by atoms with Crippen molar-refractivity contribution in [1.29, 1.82) is 0 Å². The molecule has 19 heavy (non-hydrogen) atoms. The van der Waals surface area contributed by atoms with E-state index in [9.17, 15) is 5.11 Å². The number of aliphatic hydroxyl groups is 1. The van der Waals surface area contributed by atoms with Crippen molar-refractivity contribution in [1.82, 2.24) is 4.90 Å². The predicted molar refractivity (Wildman–Crippen MR) is 79.8 cm³/mol. The zero-order chi connectivity index (χ0) is 14.8. The Morgan fingerprint density at radius 1 is 1.32 bits per heavy atom. The van der Waals surface area contributed by atoms with Crippen LogP contribution in [0.1, 0.15) is 43.1 Å². The van der Waals surface area contributed by atoms with Crippen LogP contribution in [0.15, 0.2) is 12.1 Å². The average molecular weight is 265 g/mol. The Morgan fingerprint density at radius 3 is 2.32 bits per heavy atom. The minimum Gasteiger partial charge on any atom is -0.496 e. The van der Waals surface area contributed by atoms with Gasteiger partial charge in [0.2, 0.25) is 0 Å². The highest BCUT2D eigenvalue weighted by Gasteiger charge is 2.36. The van der Waals surface area contributed by atoms with Crippen molar-refractivity contribution in [2.75, 3.05) is 21.2 Å². The summed E-state index contributed by atoms with van der Waals surface area (Å²) >= 11 is 0. The lowest BCUT2D eigenvalue weighted by atomic mass is 9.84. The van der Waals surface area contributed by atoms with Crippen molar-refractivity contribution in [3.63, 3.8) is 0 Å². The Hall–Kier alpha value is -1.06. The normalized spacial score (nSPS) is 16.3. The summed E-state index contributed by atoms with van der Waals surface area (Å²) in [5, 5.41) is 10.8. The highest BCUT2D eigenvalue weighted by atomic mass is 16.5. The van der Waals surface area contributed by atoms with Crippen molar-refractivity contribution < 1.29 is 9.84 Å². The number of nitrogens with zero attached hydrogens (tertiary/aromatic N) is 1. The van der Waals surface area contributed by atoms with E-state index >= 15 is 0 Å². The first kappa shape index (κ1) is 16.0. The van der Waals surface area contributed by atoms with Crippen LogP contribution in [0.2, 0.25) is 0 Å². The first-order valence-corrected chi connectivity index (χ1v) is 6.79. The van der Waals surface area contributed by atoms with E-state index in [0.717, 1.165) is 23.3 Å². The summed E-state index contributed by atoms with van der Waals surface area (Å²) in [4.78, 5) is 2.08. The highest BCUT2D eigenvalue weighted by molar-refractivity contribution is 5.47. The lowest BCUT2D eigenvalue weighted by Crippen LogP contribution is -2.46. The molecule has 1 aromatic rings. The van der Waals surface area contributed by atoms with Crippen LogP contribution in [-0.2, 0) is 0 Å². The number of benzene rings is 1. The molecular formula is C16H27NO2. The van der Waals surface area contributed by atoms with E-state index in [1.54, 1.807) is 7.11 Å². The van der Waals surface area contributed by atoms with Gasteiger partial charge in [0, 0.05) is 11.1 Å². The van der Waals surface area contributed by atoms with Gasteiger partial charge < -0.3 is 14.7 Å². The molecule has 0 bridgehead atoms. The molecule has 0 saturated heterocycles. The second-order valence-electron chi connectivity index (χ2n) is 5.64. The van der Waals surface area contributed by atoms with Crippen LogP contribution < -0.4 is 4.74 Å². The standard InChI is InChI=1S/C16H27NO2/c1-8-16(4,17(5)6)15(18)13-10-9-11(2)12(3)14(13)19-7/h9-10,15,18H,8H2,1-7H3. The van der Waals surface area contributed by atoms with E-state index in [1.807, 2.05) is 33.2 Å². The summed E-state index contributed by atoms with van der Waals surface area (Å²) in [6, 6.07) is 4.02. The molecule has 0 aromatic heterocycles. The Bertz CT molecular complexity index is 443. The summed E-state index contributed by atoms with van der Waals surface area (Å²) < 4.78 is 5.52. The molecule has 2 atom stereocenters. The van der Waals surface area contributed by atoms with Crippen LogP contribution in [0.25, 0.3) is 0 Å². The number of aryl methyl sites for hydroxylation is 1. The van der Waals surface area contributed by atoms with Crippen molar-refractivity contribution >= 4 is 0 Å². The third-order valence-corrected chi connectivity index (χ3v) is 4.53. The Balaban J connectivity index is 3.34. The fourth-order valence-corrected chi connectivity index (χ4v) is 2.39. The maximum Gasteiger partial charge on any atom is 0.127 e. The van der Waals surface area contributed by atoms with Crippen LogP contribution in [0, 0.1) is 13.8 Å². The third-order valence-electron chi connectivity index (χ3n) is 4.53. The van der Waals surface area contributed by atoms with Gasteiger partial charge in [0.15, 0.2) is 0 Å². The maximum absolute atomic E-state index is 10.8. The monoisotopic (exact) mass is 265 g/mol. The largest absolute Gasteiger partial charge is 0.496 e. The van der Waals surface area contributed by atoms with Gasteiger partial charge in [-0.25, -0.2) is 0 Å². The molecule has 0 amide bonds. The van der Waals surface area contributed by atoms with Gasteiger partial charge in [0.25, 0.3) is 0 Å². The molecule has 1 rings (SSSR count). The molecule has 0 aliphatic rings. The lowest BCUT2D eigenvalue weighted by Gasteiger charge is -2.40. The summed E-state index contributed by atoms with van der Waals surface area (Å²) in [6.45, 7) is 8.26. The third kappa shape index (κ3) is 2.77. The van der Waals surface area contributed by atoms with Gasteiger partial charge in [-0.3, -0.25) is 0 Å². The molecule has 0 saturated carbocycles. The van der Waals surface area contributed by atoms with E-state index in [1.165, 1.54) is 5.56 Å². The molecule has 0 radical (unpaired) electrons. The molecule has 3 nitrogen and oxygen atoms in total. The maximum atomic E-state index is 10.8. The molecule has 0 fully saturated rings. The first-order chi connectivity index (χ1) is 8.79. The highest BCUT2D eigenvalue weighted by Crippen LogP contribution is 2.39. The zero-order valence-corrected chi connectivity index (χ0v) is 13.2. The van der Waals surface area contributed by atoms with E-state index in [2.05, 4.69) is 25.7 Å². The number of ether oxygens (including phenoxy) is 1. The van der Waals surface area contributed by atoms with E-state index in [-0.39, 0.29) is 5.54 Å². The molecule has 0 spiro atoms. The Morgan fingerprint density at radius 2 is 1.89 bits per heavy atom. The van der Waals surface area contributed by atoms with Gasteiger partial charge in [-0.1, -0.05) is 19.1 Å². The summed E-state index contributed by atoms with van der Waals surface area (Å²) in [7, 11) is 5.66. The Kier molecular flexibility index (Phi) is 4.99. The van der Waals surface area contributed by atoms with E-state index in [4.69, 9.17) is 4.74 Å². The summed E-state index contributed by atoms with van der Waals surface area (Å²) in [6.07, 6.45) is 0.277. The average Bonchev–Trinajstić information content (AvgIpc) is 2.39. The number of likely N-dealkylation sites (N-methyl/N-ethyl adjacent to an activating group) is 1. The predicted octanol–water partition coefficient (Wildman–Crippen LogP) is 3.08. The fourth-order valence-electron chi connectivity index (χ4n) is 2.39. The lowest BCUT2D eigenvalue weighted by molar-refractivity contribution is -0.000469. The fraction of sp³-hybridized carbons (Fsp3) is 0.625. The molecular weight excluding hydrogens is 238 g/mol. The van der Waals surface area contributed by atoms with Crippen LogP contribution in [0.4, 0.5) is 0 Å². The van der Waals surface area contributed by atoms with Crippen molar-refractivity contribution in [3.8, 4) is 5.75 Å². The molecule has 1 aromatic carbocycles. The van der Waals surface area contributed by atoms with Gasteiger partial charge in [-0.05, 0) is 52.4 Å². The Labute approximate surface area is 117 Å². The van der Waals surface area contributed by atoms with Gasteiger partial charge in [0.1, 0.15) is 11.9 Å². The topological polar surface area (TPSA) is 32.7 Å². The quantitative estimate of drug-likeness (QED) is 0.888. The molecule has 3 heteroatoms. The van der Waals surface area contributed by atoms with Crippen LogP contribution >= 0.6 is 0 Å². The minimum atomic E-state index is -0.582. The van der Waals surface area contributed by atoms with E-state index < -0.39 is 6.10 Å². The number of hydrogen-bond acceptors (Lipinski definition) is 3. The number of hydrogen-bond donors (Lipinski definition) is 1. The van der Waals surface area contributed by atoms with Crippen molar-refractivity contribution in [3.05, 3.63) is 28.8 Å². The molecule has 108 valence electrons.